The van der Waals surface area contributed by atoms with Crippen LogP contribution in [-0.2, 0) is 4.57 Å². The van der Waals surface area contributed by atoms with E-state index in [1.807, 2.05) is 0 Å². The number of halogens is 1. The molecule has 1 unspecified atom stereocenters. The molecule has 1 atom stereocenters. The minimum absolute atomic E-state index is 0.0876. The molecule has 0 aliphatic heterocycles. The second-order valence-corrected chi connectivity index (χ2v) is 4.84. The molecule has 0 bridgehead atoms. The highest BCUT2D eigenvalue weighted by molar-refractivity contribution is 9.11. The monoisotopic (exact) mass is 229 g/mol. The van der Waals surface area contributed by atoms with Gasteiger partial charge in [0.2, 0.25) is 0 Å². The fraction of sp³-hybridized carbons (Fsp3) is 0.500. The van der Waals surface area contributed by atoms with Gasteiger partial charge >= 0.3 is 7.60 Å². The quantitative estimate of drug-likeness (QED) is 0.624. The molecule has 0 saturated heterocycles. The van der Waals surface area contributed by atoms with E-state index in [-0.39, 0.29) is 6.42 Å². The van der Waals surface area contributed by atoms with E-state index < -0.39 is 13.4 Å². The van der Waals surface area contributed by atoms with Crippen LogP contribution in [0, 0.1) is 0 Å². The maximum atomic E-state index is 10.4. The first kappa shape index (κ1) is 10.3. The smallest absolute Gasteiger partial charge is 0.323 e. The minimum Gasteiger partial charge on any atom is -0.323 e. The molecular weight excluding hydrogens is 221 g/mol. The Morgan fingerprint density at radius 3 is 2.30 bits per heavy atom. The molecule has 0 aromatic rings. The van der Waals surface area contributed by atoms with Crippen LogP contribution in [0.1, 0.15) is 6.42 Å². The standard InChI is InChI=1S/C4H9BrNO3P/c1-3(5)2-4(6)10(7,8)9/h4H,1-2,6H2,(H2,7,8,9). The summed E-state index contributed by atoms with van der Waals surface area (Å²) in [6.07, 6.45) is 0.0876. The summed E-state index contributed by atoms with van der Waals surface area (Å²) in [5, 5.41) is 0. The first-order chi connectivity index (χ1) is 4.34. The number of nitrogens with two attached hydrogens (primary N) is 1. The molecule has 0 aromatic carbocycles. The fourth-order valence-electron chi connectivity index (χ4n) is 0.346. The normalized spacial score (nSPS) is 14.8. The molecule has 0 radical (unpaired) electrons. The lowest BCUT2D eigenvalue weighted by molar-refractivity contribution is 0.358. The maximum Gasteiger partial charge on any atom is 0.342 e. The van der Waals surface area contributed by atoms with E-state index >= 15 is 0 Å². The maximum absolute atomic E-state index is 10.4. The Morgan fingerprint density at radius 1 is 1.80 bits per heavy atom. The average molecular weight is 230 g/mol. The van der Waals surface area contributed by atoms with Crippen LogP contribution in [0.3, 0.4) is 0 Å². The van der Waals surface area contributed by atoms with Crippen molar-refractivity contribution in [1.29, 1.82) is 0 Å². The number of hydrogen-bond acceptors (Lipinski definition) is 2. The van der Waals surface area contributed by atoms with E-state index in [0.717, 1.165) is 0 Å². The lowest BCUT2D eigenvalue weighted by atomic mass is 10.4. The Hall–Kier alpha value is 0.330. The zero-order chi connectivity index (χ0) is 8.36. The first-order valence-electron chi connectivity index (χ1n) is 2.48. The lowest BCUT2D eigenvalue weighted by Gasteiger charge is -2.11. The van der Waals surface area contributed by atoms with Crippen LogP contribution in [0.15, 0.2) is 11.1 Å². The second-order valence-electron chi connectivity index (χ2n) is 1.88. The molecule has 0 heterocycles. The van der Waals surface area contributed by atoms with Gasteiger partial charge in [0, 0.05) is 6.42 Å². The first-order valence-corrected chi connectivity index (χ1v) is 4.95. The van der Waals surface area contributed by atoms with Gasteiger partial charge in [-0.1, -0.05) is 22.5 Å². The van der Waals surface area contributed by atoms with Crippen LogP contribution in [0.5, 0.6) is 0 Å². The summed E-state index contributed by atoms with van der Waals surface area (Å²) in [7, 11) is -4.12. The van der Waals surface area contributed by atoms with Gasteiger partial charge in [-0.25, -0.2) is 0 Å². The molecule has 0 amide bonds. The van der Waals surface area contributed by atoms with Gasteiger partial charge in [-0.2, -0.15) is 0 Å². The van der Waals surface area contributed by atoms with Crippen molar-refractivity contribution < 1.29 is 14.4 Å². The Labute approximate surface area is 67.4 Å². The molecule has 0 spiro atoms. The van der Waals surface area contributed by atoms with Gasteiger partial charge in [0.1, 0.15) is 5.78 Å². The Balaban J connectivity index is 3.98. The van der Waals surface area contributed by atoms with Crippen molar-refractivity contribution in [2.45, 2.75) is 12.2 Å². The van der Waals surface area contributed by atoms with Crippen molar-refractivity contribution in [1.82, 2.24) is 0 Å². The van der Waals surface area contributed by atoms with Gasteiger partial charge in [-0.05, 0) is 4.48 Å². The predicted molar refractivity (Wildman–Crippen MR) is 42.7 cm³/mol. The molecular formula is C4H9BrNO3P. The highest BCUT2D eigenvalue weighted by Crippen LogP contribution is 2.41. The van der Waals surface area contributed by atoms with Crippen molar-refractivity contribution in [2.24, 2.45) is 5.73 Å². The van der Waals surface area contributed by atoms with Gasteiger partial charge in [-0.3, -0.25) is 4.57 Å². The van der Waals surface area contributed by atoms with Crippen LogP contribution in [0.2, 0.25) is 0 Å². The van der Waals surface area contributed by atoms with Crippen LogP contribution < -0.4 is 5.73 Å². The van der Waals surface area contributed by atoms with Crippen molar-refractivity contribution in [3.05, 3.63) is 11.1 Å². The van der Waals surface area contributed by atoms with Gasteiger partial charge in [0.15, 0.2) is 0 Å². The van der Waals surface area contributed by atoms with E-state index in [9.17, 15) is 4.57 Å². The van der Waals surface area contributed by atoms with Crippen molar-refractivity contribution in [3.8, 4) is 0 Å². The summed E-state index contributed by atoms with van der Waals surface area (Å²) in [6, 6.07) is 0. The Kier molecular flexibility index (Phi) is 3.76. The van der Waals surface area contributed by atoms with Gasteiger partial charge in [0.25, 0.3) is 0 Å². The van der Waals surface area contributed by atoms with Crippen LogP contribution in [0.4, 0.5) is 0 Å². The zero-order valence-corrected chi connectivity index (χ0v) is 7.68. The summed E-state index contributed by atoms with van der Waals surface area (Å²) < 4.78 is 10.9. The van der Waals surface area contributed by atoms with Crippen molar-refractivity contribution in [2.75, 3.05) is 0 Å². The number of rotatable bonds is 3. The zero-order valence-electron chi connectivity index (χ0n) is 5.20. The molecule has 0 saturated carbocycles. The van der Waals surface area contributed by atoms with E-state index in [1.165, 1.54) is 0 Å². The molecule has 0 rings (SSSR count). The highest BCUT2D eigenvalue weighted by Gasteiger charge is 2.24. The summed E-state index contributed by atoms with van der Waals surface area (Å²) in [4.78, 5) is 16.9. The summed E-state index contributed by atoms with van der Waals surface area (Å²) in [5.41, 5.74) is 5.10. The molecule has 0 fully saturated rings. The Morgan fingerprint density at radius 2 is 2.20 bits per heavy atom. The third-order valence-corrected chi connectivity index (χ3v) is 2.23. The second kappa shape index (κ2) is 3.64. The summed E-state index contributed by atoms with van der Waals surface area (Å²) in [6.45, 7) is 3.40. The summed E-state index contributed by atoms with van der Waals surface area (Å²) in [5.74, 6) is -1.14. The molecule has 6 heteroatoms. The summed E-state index contributed by atoms with van der Waals surface area (Å²) >= 11 is 2.95. The molecule has 4 nitrogen and oxygen atoms in total. The SMILES string of the molecule is C=C(Br)CC(N)P(=O)(O)O. The number of hydrogen-bond donors (Lipinski definition) is 3. The van der Waals surface area contributed by atoms with E-state index in [2.05, 4.69) is 22.5 Å². The van der Waals surface area contributed by atoms with Crippen molar-refractivity contribution in [3.63, 3.8) is 0 Å². The van der Waals surface area contributed by atoms with E-state index in [0.29, 0.717) is 4.48 Å². The third kappa shape index (κ3) is 4.19. The largest absolute Gasteiger partial charge is 0.342 e. The molecule has 60 valence electrons. The highest BCUT2D eigenvalue weighted by atomic mass is 79.9. The Bertz CT molecular complexity index is 177. The van der Waals surface area contributed by atoms with E-state index in [4.69, 9.17) is 15.5 Å². The van der Waals surface area contributed by atoms with Gasteiger partial charge in [0.05, 0.1) is 0 Å². The topological polar surface area (TPSA) is 83.6 Å². The third-order valence-electron chi connectivity index (χ3n) is 0.863. The fourth-order valence-corrected chi connectivity index (χ4v) is 1.40. The van der Waals surface area contributed by atoms with Crippen molar-refractivity contribution >= 4 is 23.5 Å². The molecule has 0 aliphatic carbocycles. The molecule has 0 aromatic heterocycles. The average Bonchev–Trinajstić information content (AvgIpc) is 1.60. The van der Waals surface area contributed by atoms with Gasteiger partial charge < -0.3 is 15.5 Å². The molecule has 4 N–H and O–H groups in total. The van der Waals surface area contributed by atoms with E-state index in [1.54, 1.807) is 0 Å². The molecule has 0 aliphatic rings. The minimum atomic E-state index is -4.12. The van der Waals surface area contributed by atoms with Gasteiger partial charge in [-0.15, -0.1) is 0 Å². The lowest BCUT2D eigenvalue weighted by Crippen LogP contribution is -2.19. The van der Waals surface area contributed by atoms with Crippen LogP contribution in [0.25, 0.3) is 0 Å². The van der Waals surface area contributed by atoms with Crippen LogP contribution in [-0.4, -0.2) is 15.6 Å². The van der Waals surface area contributed by atoms with Crippen LogP contribution >= 0.6 is 23.5 Å². The predicted octanol–water partition coefficient (Wildman–Crippen LogP) is 0.748. The molecule has 10 heavy (non-hydrogen) atoms.